The SMILES string of the molecule is Cn1cc(N2C(=O)C[C@H]3[C@H]2CCN3c2ncc(F)cn2)cn1. The third-order valence-electron chi connectivity index (χ3n) is 4.33. The first-order chi connectivity index (χ1) is 10.6. The molecule has 8 heteroatoms. The molecule has 2 saturated heterocycles. The number of aromatic nitrogens is 4. The van der Waals surface area contributed by atoms with Crippen LogP contribution in [0.3, 0.4) is 0 Å². The molecule has 114 valence electrons. The van der Waals surface area contributed by atoms with E-state index in [1.807, 2.05) is 23.0 Å². The molecule has 2 aromatic heterocycles. The first kappa shape index (κ1) is 13.2. The molecular formula is C14H15FN6O. The van der Waals surface area contributed by atoms with Crippen LogP contribution in [0.25, 0.3) is 0 Å². The Labute approximate surface area is 126 Å². The number of hydrogen-bond donors (Lipinski definition) is 0. The summed E-state index contributed by atoms with van der Waals surface area (Å²) in [5.74, 6) is 0.100. The Morgan fingerprint density at radius 3 is 2.68 bits per heavy atom. The zero-order chi connectivity index (χ0) is 15.3. The minimum Gasteiger partial charge on any atom is -0.335 e. The monoisotopic (exact) mass is 302 g/mol. The van der Waals surface area contributed by atoms with E-state index in [1.165, 1.54) is 0 Å². The number of aryl methyl sites for hydroxylation is 1. The first-order valence-electron chi connectivity index (χ1n) is 7.18. The average molecular weight is 302 g/mol. The summed E-state index contributed by atoms with van der Waals surface area (Å²) in [7, 11) is 1.83. The predicted molar refractivity (Wildman–Crippen MR) is 76.8 cm³/mol. The fourth-order valence-electron chi connectivity index (χ4n) is 3.42. The maximum absolute atomic E-state index is 13.0. The Morgan fingerprint density at radius 1 is 1.23 bits per heavy atom. The van der Waals surface area contributed by atoms with Gasteiger partial charge in [0.05, 0.1) is 36.4 Å². The summed E-state index contributed by atoms with van der Waals surface area (Å²) < 4.78 is 14.7. The van der Waals surface area contributed by atoms with Crippen LogP contribution in [0.2, 0.25) is 0 Å². The highest BCUT2D eigenvalue weighted by Crippen LogP contribution is 2.37. The molecule has 0 radical (unpaired) electrons. The van der Waals surface area contributed by atoms with Gasteiger partial charge in [-0.15, -0.1) is 0 Å². The van der Waals surface area contributed by atoms with Gasteiger partial charge in [-0.1, -0.05) is 0 Å². The fraction of sp³-hybridized carbons (Fsp3) is 0.429. The largest absolute Gasteiger partial charge is 0.335 e. The second kappa shape index (κ2) is 4.75. The van der Waals surface area contributed by atoms with Gasteiger partial charge in [-0.25, -0.2) is 14.4 Å². The molecule has 0 aromatic carbocycles. The lowest BCUT2D eigenvalue weighted by molar-refractivity contribution is -0.117. The molecule has 2 aliphatic rings. The topological polar surface area (TPSA) is 67.2 Å². The van der Waals surface area contributed by atoms with Gasteiger partial charge in [0, 0.05) is 26.2 Å². The summed E-state index contributed by atoms with van der Waals surface area (Å²) >= 11 is 0. The van der Waals surface area contributed by atoms with E-state index in [-0.39, 0.29) is 18.0 Å². The molecule has 1 amide bonds. The van der Waals surface area contributed by atoms with Crippen LogP contribution in [0, 0.1) is 5.82 Å². The van der Waals surface area contributed by atoms with Crippen LogP contribution in [0.5, 0.6) is 0 Å². The van der Waals surface area contributed by atoms with Gasteiger partial charge in [0.2, 0.25) is 11.9 Å². The van der Waals surface area contributed by atoms with Crippen LogP contribution in [0.1, 0.15) is 12.8 Å². The van der Waals surface area contributed by atoms with E-state index in [2.05, 4.69) is 15.1 Å². The van der Waals surface area contributed by atoms with E-state index in [4.69, 9.17) is 0 Å². The van der Waals surface area contributed by atoms with Crippen LogP contribution in [0.15, 0.2) is 24.8 Å². The van der Waals surface area contributed by atoms with Crippen molar-refractivity contribution in [2.45, 2.75) is 24.9 Å². The third kappa shape index (κ3) is 1.94. The zero-order valence-corrected chi connectivity index (χ0v) is 12.1. The lowest BCUT2D eigenvalue weighted by atomic mass is 10.1. The van der Waals surface area contributed by atoms with Crippen molar-refractivity contribution in [3.8, 4) is 0 Å². The van der Waals surface area contributed by atoms with Crippen LogP contribution in [-0.2, 0) is 11.8 Å². The van der Waals surface area contributed by atoms with E-state index in [0.29, 0.717) is 12.4 Å². The summed E-state index contributed by atoms with van der Waals surface area (Å²) in [5, 5.41) is 4.14. The Balaban J connectivity index is 1.62. The minimum atomic E-state index is -0.459. The van der Waals surface area contributed by atoms with E-state index < -0.39 is 5.82 Å². The van der Waals surface area contributed by atoms with E-state index in [9.17, 15) is 9.18 Å². The highest BCUT2D eigenvalue weighted by molar-refractivity contribution is 5.97. The molecule has 4 rings (SSSR count). The highest BCUT2D eigenvalue weighted by atomic mass is 19.1. The Hall–Kier alpha value is -2.51. The number of halogens is 1. The van der Waals surface area contributed by atoms with E-state index in [1.54, 1.807) is 10.9 Å². The van der Waals surface area contributed by atoms with Crippen molar-refractivity contribution in [3.05, 3.63) is 30.6 Å². The molecular weight excluding hydrogens is 287 g/mol. The van der Waals surface area contributed by atoms with Gasteiger partial charge >= 0.3 is 0 Å². The maximum atomic E-state index is 13.0. The van der Waals surface area contributed by atoms with Crippen LogP contribution in [0.4, 0.5) is 16.0 Å². The number of amides is 1. The minimum absolute atomic E-state index is 0.0261. The molecule has 0 saturated carbocycles. The summed E-state index contributed by atoms with van der Waals surface area (Å²) in [6, 6.07) is 0.114. The second-order valence-corrected chi connectivity index (χ2v) is 5.66. The molecule has 0 aliphatic carbocycles. The van der Waals surface area contributed by atoms with Gasteiger partial charge in [0.25, 0.3) is 0 Å². The molecule has 7 nitrogen and oxygen atoms in total. The van der Waals surface area contributed by atoms with Gasteiger partial charge in [-0.3, -0.25) is 9.48 Å². The van der Waals surface area contributed by atoms with Crippen molar-refractivity contribution in [1.82, 2.24) is 19.7 Å². The van der Waals surface area contributed by atoms with Gasteiger partial charge in [-0.05, 0) is 6.42 Å². The molecule has 2 aromatic rings. The Bertz CT molecular complexity index is 714. The summed E-state index contributed by atoms with van der Waals surface area (Å²) in [4.78, 5) is 24.3. The number of anilines is 2. The molecule has 2 fully saturated rings. The van der Waals surface area contributed by atoms with Crippen molar-refractivity contribution < 1.29 is 9.18 Å². The molecule has 2 aliphatic heterocycles. The Kier molecular flexibility index (Phi) is 2.85. The second-order valence-electron chi connectivity index (χ2n) is 5.66. The first-order valence-corrected chi connectivity index (χ1v) is 7.18. The van der Waals surface area contributed by atoms with Gasteiger partial charge in [0.15, 0.2) is 5.82 Å². The average Bonchev–Trinajstić information content (AvgIpc) is 3.15. The van der Waals surface area contributed by atoms with Crippen LogP contribution in [-0.4, -0.2) is 44.3 Å². The van der Waals surface area contributed by atoms with Crippen molar-refractivity contribution in [2.75, 3.05) is 16.3 Å². The predicted octanol–water partition coefficient (Wildman–Crippen LogP) is 0.733. The number of hydrogen-bond acceptors (Lipinski definition) is 5. The molecule has 0 bridgehead atoms. The molecule has 2 atom stereocenters. The molecule has 0 unspecified atom stereocenters. The number of rotatable bonds is 2. The van der Waals surface area contributed by atoms with Crippen molar-refractivity contribution in [1.29, 1.82) is 0 Å². The standard InChI is InChI=1S/C14H15FN6O/c1-19-8-10(7-18-19)21-11-2-3-20(12(11)4-13(21)22)14-16-5-9(15)6-17-14/h5-8,11-12H,2-4H2,1H3/t11-,12+/m1/s1. The lowest BCUT2D eigenvalue weighted by Crippen LogP contribution is -2.37. The number of fused-ring (bicyclic) bond motifs is 1. The maximum Gasteiger partial charge on any atom is 0.229 e. The quantitative estimate of drug-likeness (QED) is 0.818. The third-order valence-corrected chi connectivity index (χ3v) is 4.33. The van der Waals surface area contributed by atoms with Crippen molar-refractivity contribution >= 4 is 17.5 Å². The number of carbonyl (C=O) groups excluding carboxylic acids is 1. The number of carbonyl (C=O) groups is 1. The van der Waals surface area contributed by atoms with Crippen molar-refractivity contribution in [3.63, 3.8) is 0 Å². The molecule has 22 heavy (non-hydrogen) atoms. The van der Waals surface area contributed by atoms with E-state index in [0.717, 1.165) is 31.0 Å². The van der Waals surface area contributed by atoms with Crippen LogP contribution < -0.4 is 9.80 Å². The summed E-state index contributed by atoms with van der Waals surface area (Å²) in [6.07, 6.45) is 7.12. The Morgan fingerprint density at radius 2 is 2.00 bits per heavy atom. The smallest absolute Gasteiger partial charge is 0.229 e. The van der Waals surface area contributed by atoms with Crippen LogP contribution >= 0.6 is 0 Å². The summed E-state index contributed by atoms with van der Waals surface area (Å²) in [5.41, 5.74) is 0.821. The summed E-state index contributed by atoms with van der Waals surface area (Å²) in [6.45, 7) is 0.755. The van der Waals surface area contributed by atoms with Gasteiger partial charge in [-0.2, -0.15) is 5.10 Å². The van der Waals surface area contributed by atoms with Gasteiger partial charge < -0.3 is 9.80 Å². The molecule has 4 heterocycles. The molecule has 0 spiro atoms. The van der Waals surface area contributed by atoms with Gasteiger partial charge in [0.1, 0.15) is 0 Å². The number of nitrogens with zero attached hydrogens (tertiary/aromatic N) is 6. The molecule has 0 N–H and O–H groups in total. The normalized spacial score (nSPS) is 24.2. The fourth-order valence-corrected chi connectivity index (χ4v) is 3.42. The lowest BCUT2D eigenvalue weighted by Gasteiger charge is -2.24. The highest BCUT2D eigenvalue weighted by Gasteiger charge is 2.48. The zero-order valence-electron chi connectivity index (χ0n) is 12.1. The van der Waals surface area contributed by atoms with E-state index >= 15 is 0 Å². The van der Waals surface area contributed by atoms with Crippen molar-refractivity contribution in [2.24, 2.45) is 7.05 Å².